The molecule has 0 heterocycles. The molecular formula is C29H38F2N4O3. The molecule has 2 unspecified atom stereocenters. The molecule has 0 saturated heterocycles. The Morgan fingerprint density at radius 2 is 1.66 bits per heavy atom. The van der Waals surface area contributed by atoms with Gasteiger partial charge in [-0.25, -0.2) is 8.78 Å². The molecule has 0 aliphatic rings. The third-order valence-corrected chi connectivity index (χ3v) is 6.05. The van der Waals surface area contributed by atoms with Crippen LogP contribution < -0.4 is 11.1 Å². The third-order valence-electron chi connectivity index (χ3n) is 6.05. The lowest BCUT2D eigenvalue weighted by molar-refractivity contribution is 0.0755. The number of benzene rings is 2. The number of nitrogens with one attached hydrogen (secondary N) is 2. The molecular weight excluding hydrogens is 490 g/mol. The highest BCUT2D eigenvalue weighted by atomic mass is 19.1. The fourth-order valence-corrected chi connectivity index (χ4v) is 4.30. The van der Waals surface area contributed by atoms with Gasteiger partial charge in [0.1, 0.15) is 11.6 Å². The molecule has 38 heavy (non-hydrogen) atoms. The van der Waals surface area contributed by atoms with Gasteiger partial charge in [0.15, 0.2) is 0 Å². The smallest absolute Gasteiger partial charge is 0.253 e. The summed E-state index contributed by atoms with van der Waals surface area (Å²) in [4.78, 5) is 28.2. The van der Waals surface area contributed by atoms with E-state index in [9.17, 15) is 23.5 Å². The van der Waals surface area contributed by atoms with Crippen LogP contribution in [0.15, 0.2) is 48.2 Å². The summed E-state index contributed by atoms with van der Waals surface area (Å²) in [7, 11) is 0. The van der Waals surface area contributed by atoms with Crippen LogP contribution in [0, 0.1) is 24.0 Å². The molecule has 0 bridgehead atoms. The molecule has 5 N–H and O–H groups in total. The molecule has 2 atom stereocenters. The summed E-state index contributed by atoms with van der Waals surface area (Å²) in [5.74, 6) is -2.21. The maximum atomic E-state index is 13.8. The van der Waals surface area contributed by atoms with Crippen LogP contribution in [0.1, 0.15) is 71.4 Å². The molecule has 2 aromatic carbocycles. The van der Waals surface area contributed by atoms with Gasteiger partial charge in [-0.2, -0.15) is 0 Å². The normalized spacial score (nSPS) is 13.1. The van der Waals surface area contributed by atoms with Gasteiger partial charge < -0.3 is 26.5 Å². The molecule has 9 heteroatoms. The zero-order valence-corrected chi connectivity index (χ0v) is 22.3. The van der Waals surface area contributed by atoms with Crippen molar-refractivity contribution in [3.63, 3.8) is 0 Å². The van der Waals surface area contributed by atoms with Gasteiger partial charge in [-0.3, -0.25) is 9.59 Å². The van der Waals surface area contributed by atoms with E-state index in [2.05, 4.69) is 5.32 Å². The highest BCUT2D eigenvalue weighted by Gasteiger charge is 2.24. The van der Waals surface area contributed by atoms with Crippen molar-refractivity contribution in [2.75, 3.05) is 13.1 Å². The van der Waals surface area contributed by atoms with Crippen LogP contribution in [0.4, 0.5) is 8.78 Å². The Balaban J connectivity index is 2.32. The minimum Gasteiger partial charge on any atom is -0.402 e. The molecule has 7 nitrogen and oxygen atoms in total. The van der Waals surface area contributed by atoms with E-state index >= 15 is 0 Å². The lowest BCUT2D eigenvalue weighted by Gasteiger charge is -2.25. The standard InChI is InChI=1S/C29H38F2N4O3/c1-4-10-35(11-5-2)29(38)22-13-19(3)12-21(17-22)28(37)34-26(27(36)7-6-25(33)8-9-32)16-20-14-23(30)18-24(31)15-20/h8-9,12-15,17-18,26-27,32,36H,4-7,10-11,16,33H2,1-3H3,(H,34,37)/b25-8-,32-9?. The van der Waals surface area contributed by atoms with E-state index in [1.54, 1.807) is 24.0 Å². The second kappa shape index (κ2) is 15.0. The van der Waals surface area contributed by atoms with E-state index in [-0.39, 0.29) is 36.3 Å². The Morgan fingerprint density at radius 1 is 1.05 bits per heavy atom. The van der Waals surface area contributed by atoms with Gasteiger partial charge in [-0.15, -0.1) is 0 Å². The molecule has 206 valence electrons. The van der Waals surface area contributed by atoms with Crippen LogP contribution in [0.25, 0.3) is 0 Å². The second-order valence-electron chi connectivity index (χ2n) is 9.46. The predicted octanol–water partition coefficient (Wildman–Crippen LogP) is 4.51. The van der Waals surface area contributed by atoms with Crippen LogP contribution in [-0.2, 0) is 6.42 Å². The summed E-state index contributed by atoms with van der Waals surface area (Å²) in [5, 5.41) is 20.8. The number of amides is 2. The van der Waals surface area contributed by atoms with Crippen molar-refractivity contribution in [3.8, 4) is 0 Å². The van der Waals surface area contributed by atoms with Gasteiger partial charge >= 0.3 is 0 Å². The predicted molar refractivity (Wildman–Crippen MR) is 145 cm³/mol. The number of allylic oxidation sites excluding steroid dienone is 2. The molecule has 0 saturated carbocycles. The first-order chi connectivity index (χ1) is 18.1. The number of hydrogen-bond donors (Lipinski definition) is 4. The Hall–Kier alpha value is -3.59. The number of carbonyl (C=O) groups is 2. The minimum atomic E-state index is -1.10. The number of halogens is 2. The third kappa shape index (κ3) is 9.37. The molecule has 0 fully saturated rings. The number of nitrogens with two attached hydrogens (primary N) is 1. The van der Waals surface area contributed by atoms with Crippen molar-refractivity contribution in [1.29, 1.82) is 5.41 Å². The van der Waals surface area contributed by atoms with E-state index < -0.39 is 29.7 Å². The lowest BCUT2D eigenvalue weighted by atomic mass is 9.96. The van der Waals surface area contributed by atoms with Gasteiger partial charge in [0, 0.05) is 42.2 Å². The fraction of sp³-hybridized carbons (Fsp3) is 0.414. The SMILES string of the molecule is CCCN(CCC)C(=O)c1cc(C)cc(C(=O)NC(Cc2cc(F)cc(F)c2)C(O)CC/C(N)=C/C=N)c1. The topological polar surface area (TPSA) is 120 Å². The molecule has 0 radical (unpaired) electrons. The van der Waals surface area contributed by atoms with Gasteiger partial charge in [0.05, 0.1) is 12.1 Å². The summed E-state index contributed by atoms with van der Waals surface area (Å²) < 4.78 is 27.6. The minimum absolute atomic E-state index is 0.0336. The van der Waals surface area contributed by atoms with Gasteiger partial charge in [0.25, 0.3) is 11.8 Å². The fourth-order valence-electron chi connectivity index (χ4n) is 4.30. The van der Waals surface area contributed by atoms with E-state index in [4.69, 9.17) is 11.1 Å². The number of aryl methyl sites for hydroxylation is 1. The van der Waals surface area contributed by atoms with Crippen molar-refractivity contribution in [2.45, 2.75) is 65.0 Å². The number of nitrogens with zero attached hydrogens (tertiary/aromatic N) is 1. The molecule has 0 spiro atoms. The van der Waals surface area contributed by atoms with Crippen molar-refractivity contribution in [1.82, 2.24) is 10.2 Å². The monoisotopic (exact) mass is 528 g/mol. The number of rotatable bonds is 14. The van der Waals surface area contributed by atoms with E-state index in [0.717, 1.165) is 42.8 Å². The van der Waals surface area contributed by atoms with Gasteiger partial charge in [-0.1, -0.05) is 13.8 Å². The molecule has 2 rings (SSSR count). The zero-order chi connectivity index (χ0) is 28.2. The van der Waals surface area contributed by atoms with Crippen LogP contribution in [0.3, 0.4) is 0 Å². The first-order valence-corrected chi connectivity index (χ1v) is 12.9. The number of aliphatic hydroxyl groups excluding tert-OH is 1. The molecule has 0 aromatic heterocycles. The highest BCUT2D eigenvalue weighted by Crippen LogP contribution is 2.17. The van der Waals surface area contributed by atoms with Gasteiger partial charge in [0.2, 0.25) is 0 Å². The molecule has 0 aliphatic heterocycles. The zero-order valence-electron chi connectivity index (χ0n) is 22.3. The number of hydrogen-bond acceptors (Lipinski definition) is 5. The van der Waals surface area contributed by atoms with Gasteiger partial charge in [-0.05, 0) is 86.6 Å². The first kappa shape index (κ1) is 30.6. The maximum absolute atomic E-state index is 13.8. The van der Waals surface area contributed by atoms with Crippen LogP contribution in [-0.4, -0.2) is 53.3 Å². The van der Waals surface area contributed by atoms with Crippen molar-refractivity contribution < 1.29 is 23.5 Å². The average molecular weight is 529 g/mol. The summed E-state index contributed by atoms with van der Waals surface area (Å²) in [6, 6.07) is 7.06. The average Bonchev–Trinajstić information content (AvgIpc) is 2.85. The van der Waals surface area contributed by atoms with Crippen LogP contribution >= 0.6 is 0 Å². The number of carbonyl (C=O) groups excluding carboxylic acids is 2. The van der Waals surface area contributed by atoms with E-state index in [1.807, 2.05) is 13.8 Å². The second-order valence-corrected chi connectivity index (χ2v) is 9.46. The van der Waals surface area contributed by atoms with Crippen molar-refractivity contribution in [2.24, 2.45) is 5.73 Å². The molecule has 0 aliphatic carbocycles. The Kier molecular flexibility index (Phi) is 12.1. The Labute approximate surface area is 223 Å². The largest absolute Gasteiger partial charge is 0.402 e. The van der Waals surface area contributed by atoms with Crippen molar-refractivity contribution in [3.05, 3.63) is 82.1 Å². The molecule has 2 amide bonds. The lowest BCUT2D eigenvalue weighted by Crippen LogP contribution is -2.45. The van der Waals surface area contributed by atoms with Crippen LogP contribution in [0.5, 0.6) is 0 Å². The molecule has 2 aromatic rings. The van der Waals surface area contributed by atoms with Crippen LogP contribution in [0.2, 0.25) is 0 Å². The number of aliphatic hydroxyl groups is 1. The quantitative estimate of drug-likeness (QED) is 0.270. The van der Waals surface area contributed by atoms with E-state index in [1.165, 1.54) is 12.1 Å². The summed E-state index contributed by atoms with van der Waals surface area (Å²) >= 11 is 0. The summed E-state index contributed by atoms with van der Waals surface area (Å²) in [5.41, 5.74) is 7.83. The Bertz CT molecular complexity index is 1130. The maximum Gasteiger partial charge on any atom is 0.253 e. The summed E-state index contributed by atoms with van der Waals surface area (Å²) in [6.07, 6.45) is 3.33. The van der Waals surface area contributed by atoms with Crippen molar-refractivity contribution >= 4 is 18.0 Å². The first-order valence-electron chi connectivity index (χ1n) is 12.9. The van der Waals surface area contributed by atoms with E-state index in [0.29, 0.717) is 24.4 Å². The Morgan fingerprint density at radius 3 is 2.24 bits per heavy atom. The summed E-state index contributed by atoms with van der Waals surface area (Å²) in [6.45, 7) is 7.00. The highest BCUT2D eigenvalue weighted by molar-refractivity contribution is 6.00.